The van der Waals surface area contributed by atoms with E-state index >= 15 is 0 Å². The van der Waals surface area contributed by atoms with E-state index in [-0.39, 0.29) is 5.41 Å². The largest absolute Gasteiger partial charge is 0.0928 e. The number of benzene rings is 2. The van der Waals surface area contributed by atoms with Crippen LogP contribution in [0, 0.1) is 0 Å². The molecule has 1 unspecified atom stereocenters. The minimum atomic E-state index is 0.120. The number of hydrogen-bond acceptors (Lipinski definition) is 0. The van der Waals surface area contributed by atoms with Gasteiger partial charge >= 0.3 is 0 Å². The molecule has 0 amide bonds. The average Bonchev–Trinajstić information content (AvgIpc) is 2.51. The number of allylic oxidation sites excluding steroid dienone is 3. The number of rotatable bonds is 3. The smallest absolute Gasteiger partial charge is 0.0324 e. The van der Waals surface area contributed by atoms with E-state index in [1.807, 2.05) is 0 Å². The summed E-state index contributed by atoms with van der Waals surface area (Å²) >= 11 is 3.59. The Hall–Kier alpha value is -1.34. The lowest BCUT2D eigenvalue weighted by molar-refractivity contribution is 0.585. The summed E-state index contributed by atoms with van der Waals surface area (Å²) < 4.78 is 0. The highest BCUT2D eigenvalue weighted by Crippen LogP contribution is 2.46. The van der Waals surface area contributed by atoms with Crippen molar-refractivity contribution in [1.29, 1.82) is 0 Å². The van der Waals surface area contributed by atoms with E-state index in [1.54, 1.807) is 5.56 Å². The normalized spacial score (nSPS) is 22.4. The van der Waals surface area contributed by atoms with Gasteiger partial charge in [-0.05, 0) is 46.7 Å². The average molecular weight is 325 g/mol. The molecule has 0 saturated carbocycles. The van der Waals surface area contributed by atoms with Crippen LogP contribution in [0.15, 0.2) is 48.6 Å². The van der Waals surface area contributed by atoms with Gasteiger partial charge in [-0.15, -0.1) is 0 Å². The van der Waals surface area contributed by atoms with E-state index in [1.165, 1.54) is 34.7 Å². The number of halogens is 1. The first-order valence-electron chi connectivity index (χ1n) is 7.32. The Morgan fingerprint density at radius 3 is 2.95 bits per heavy atom. The van der Waals surface area contributed by atoms with E-state index in [0.29, 0.717) is 0 Å². The maximum atomic E-state index is 3.59. The SMILES string of the molecule is BrCCCC12C=CCc3ccc4cccc(c4c31)C=C2. The molecule has 0 aromatic heterocycles. The summed E-state index contributed by atoms with van der Waals surface area (Å²) in [6, 6.07) is 11.3. The molecule has 4 rings (SSSR count). The molecule has 0 aliphatic heterocycles. The number of alkyl halides is 1. The van der Waals surface area contributed by atoms with Gasteiger partial charge in [0.25, 0.3) is 0 Å². The zero-order valence-electron chi connectivity index (χ0n) is 11.4. The van der Waals surface area contributed by atoms with Crippen LogP contribution in [-0.4, -0.2) is 5.33 Å². The first-order valence-corrected chi connectivity index (χ1v) is 8.44. The molecule has 0 heterocycles. The zero-order valence-corrected chi connectivity index (χ0v) is 13.0. The molecule has 0 saturated heterocycles. The summed E-state index contributed by atoms with van der Waals surface area (Å²) in [7, 11) is 0. The van der Waals surface area contributed by atoms with Crippen LogP contribution >= 0.6 is 15.9 Å². The highest BCUT2D eigenvalue weighted by Gasteiger charge is 2.34. The van der Waals surface area contributed by atoms with Gasteiger partial charge in [-0.2, -0.15) is 0 Å². The molecule has 1 atom stereocenters. The topological polar surface area (TPSA) is 0 Å². The summed E-state index contributed by atoms with van der Waals surface area (Å²) in [6.45, 7) is 0. The minimum Gasteiger partial charge on any atom is -0.0928 e. The van der Waals surface area contributed by atoms with Crippen LogP contribution in [0.4, 0.5) is 0 Å². The molecule has 2 aliphatic carbocycles. The summed E-state index contributed by atoms with van der Waals surface area (Å²) in [4.78, 5) is 0. The standard InChI is InChI=1S/C19H17Br/c20-13-3-11-19-10-2-6-16-8-7-14-4-1-5-15(9-12-19)17(14)18(16)19/h1-2,4-5,7-10,12H,3,6,11,13H2. The quantitative estimate of drug-likeness (QED) is 0.524. The molecule has 0 nitrogen and oxygen atoms in total. The summed E-state index contributed by atoms with van der Waals surface area (Å²) in [5, 5.41) is 3.93. The van der Waals surface area contributed by atoms with Crippen LogP contribution in [0.25, 0.3) is 16.8 Å². The molecule has 2 aromatic carbocycles. The second-order valence-corrected chi connectivity index (χ2v) is 6.61. The molecule has 100 valence electrons. The second kappa shape index (κ2) is 4.60. The Kier molecular flexibility index (Phi) is 2.85. The van der Waals surface area contributed by atoms with E-state index < -0.39 is 0 Å². The molecule has 2 aromatic rings. The van der Waals surface area contributed by atoms with Crippen molar-refractivity contribution in [3.63, 3.8) is 0 Å². The Bertz CT molecular complexity index is 739. The van der Waals surface area contributed by atoms with Gasteiger partial charge in [-0.1, -0.05) is 70.6 Å². The van der Waals surface area contributed by atoms with Crippen molar-refractivity contribution < 1.29 is 0 Å². The lowest BCUT2D eigenvalue weighted by Crippen LogP contribution is -2.27. The second-order valence-electron chi connectivity index (χ2n) is 5.82. The number of hydrogen-bond donors (Lipinski definition) is 0. The maximum Gasteiger partial charge on any atom is 0.0324 e. The van der Waals surface area contributed by atoms with Gasteiger partial charge in [0.2, 0.25) is 0 Å². The Balaban J connectivity index is 2.04. The molecule has 2 aliphatic rings. The highest BCUT2D eigenvalue weighted by atomic mass is 79.9. The summed E-state index contributed by atoms with van der Waals surface area (Å²) in [6.07, 6.45) is 13.0. The van der Waals surface area contributed by atoms with E-state index in [2.05, 4.69) is 70.6 Å². The van der Waals surface area contributed by atoms with Crippen molar-refractivity contribution >= 4 is 32.8 Å². The fraction of sp³-hybridized carbons (Fsp3) is 0.263. The van der Waals surface area contributed by atoms with Crippen LogP contribution in [-0.2, 0) is 11.8 Å². The predicted molar refractivity (Wildman–Crippen MR) is 90.5 cm³/mol. The van der Waals surface area contributed by atoms with E-state index in [0.717, 1.165) is 11.8 Å². The maximum absolute atomic E-state index is 3.59. The zero-order chi connectivity index (χ0) is 13.6. The van der Waals surface area contributed by atoms with Crippen molar-refractivity contribution in [3.8, 4) is 0 Å². The van der Waals surface area contributed by atoms with Crippen molar-refractivity contribution in [2.75, 3.05) is 5.33 Å². The summed E-state index contributed by atoms with van der Waals surface area (Å²) in [5.41, 5.74) is 4.57. The Morgan fingerprint density at radius 2 is 2.05 bits per heavy atom. The molecule has 20 heavy (non-hydrogen) atoms. The van der Waals surface area contributed by atoms with Gasteiger partial charge in [0.15, 0.2) is 0 Å². The van der Waals surface area contributed by atoms with Gasteiger partial charge in [0.1, 0.15) is 0 Å². The summed E-state index contributed by atoms with van der Waals surface area (Å²) in [5.74, 6) is 0. The Labute approximate surface area is 128 Å². The monoisotopic (exact) mass is 324 g/mol. The molecule has 1 heteroatoms. The third-order valence-electron chi connectivity index (χ3n) is 4.67. The molecule has 0 bridgehead atoms. The predicted octanol–water partition coefficient (Wildman–Crippen LogP) is 5.39. The first-order chi connectivity index (χ1) is 9.84. The van der Waals surface area contributed by atoms with Gasteiger partial charge in [-0.25, -0.2) is 0 Å². The highest BCUT2D eigenvalue weighted by molar-refractivity contribution is 9.09. The van der Waals surface area contributed by atoms with Crippen LogP contribution in [0.2, 0.25) is 0 Å². The van der Waals surface area contributed by atoms with E-state index in [4.69, 9.17) is 0 Å². The molecule has 0 radical (unpaired) electrons. The molecular formula is C19H17Br. The third-order valence-corrected chi connectivity index (χ3v) is 5.23. The molecule has 0 fully saturated rings. The fourth-order valence-corrected chi connectivity index (χ4v) is 4.08. The van der Waals surface area contributed by atoms with Crippen LogP contribution in [0.1, 0.15) is 29.5 Å². The molecule has 0 N–H and O–H groups in total. The van der Waals surface area contributed by atoms with Gasteiger partial charge in [0.05, 0.1) is 0 Å². The lowest BCUT2D eigenvalue weighted by Gasteiger charge is -2.37. The van der Waals surface area contributed by atoms with Gasteiger partial charge in [-0.3, -0.25) is 0 Å². The van der Waals surface area contributed by atoms with Crippen LogP contribution in [0.5, 0.6) is 0 Å². The lowest BCUT2D eigenvalue weighted by atomic mass is 9.67. The molecular weight excluding hydrogens is 308 g/mol. The first kappa shape index (κ1) is 12.4. The van der Waals surface area contributed by atoms with E-state index in [9.17, 15) is 0 Å². The van der Waals surface area contributed by atoms with Crippen LogP contribution in [0.3, 0.4) is 0 Å². The molecule has 0 spiro atoms. The van der Waals surface area contributed by atoms with Crippen molar-refractivity contribution in [3.05, 3.63) is 65.3 Å². The third kappa shape index (κ3) is 1.66. The van der Waals surface area contributed by atoms with Crippen LogP contribution < -0.4 is 0 Å². The van der Waals surface area contributed by atoms with Crippen molar-refractivity contribution in [2.45, 2.75) is 24.7 Å². The van der Waals surface area contributed by atoms with Gasteiger partial charge in [0, 0.05) is 10.7 Å². The van der Waals surface area contributed by atoms with Crippen molar-refractivity contribution in [1.82, 2.24) is 0 Å². The van der Waals surface area contributed by atoms with Crippen molar-refractivity contribution in [2.24, 2.45) is 0 Å². The minimum absolute atomic E-state index is 0.120. The Morgan fingerprint density at radius 1 is 1.10 bits per heavy atom. The van der Waals surface area contributed by atoms with Gasteiger partial charge < -0.3 is 0 Å². The fourth-order valence-electron chi connectivity index (χ4n) is 3.80.